The molecule has 0 atom stereocenters. The number of nitrogens with zero attached hydrogens (tertiary/aromatic N) is 3. The highest BCUT2D eigenvalue weighted by atomic mass is 35.5. The third kappa shape index (κ3) is 4.08. The van der Waals surface area contributed by atoms with Crippen molar-refractivity contribution >= 4 is 34.9 Å². The maximum absolute atomic E-state index is 12.7. The molecule has 0 bridgehead atoms. The molecule has 9 heteroatoms. The average molecular weight is 424 g/mol. The molecule has 0 saturated heterocycles. The quantitative estimate of drug-likeness (QED) is 0.621. The first-order chi connectivity index (χ1) is 14.5. The number of aromatic nitrogens is 2. The number of hydrogen-bond acceptors (Lipinski definition) is 6. The van der Waals surface area contributed by atoms with Crippen LogP contribution in [0.3, 0.4) is 0 Å². The van der Waals surface area contributed by atoms with Crippen LogP contribution in [0.5, 0.6) is 0 Å². The number of hydrogen-bond donors (Lipinski definition) is 2. The number of amides is 2. The summed E-state index contributed by atoms with van der Waals surface area (Å²) < 4.78 is 5.85. The van der Waals surface area contributed by atoms with Crippen LogP contribution in [0.25, 0.3) is 0 Å². The van der Waals surface area contributed by atoms with E-state index in [2.05, 4.69) is 25.8 Å². The molecule has 3 aromatic heterocycles. The lowest BCUT2D eigenvalue weighted by Gasteiger charge is -2.13. The molecule has 1 aliphatic carbocycles. The van der Waals surface area contributed by atoms with Crippen LogP contribution in [-0.4, -0.2) is 27.5 Å². The van der Waals surface area contributed by atoms with E-state index in [0.29, 0.717) is 46.3 Å². The first-order valence-electron chi connectivity index (χ1n) is 9.35. The van der Waals surface area contributed by atoms with E-state index in [1.54, 1.807) is 37.4 Å². The number of pyridine rings is 2. The molecule has 4 rings (SSSR count). The van der Waals surface area contributed by atoms with E-state index < -0.39 is 5.91 Å². The van der Waals surface area contributed by atoms with Gasteiger partial charge in [-0.05, 0) is 44.0 Å². The predicted octanol–water partition coefficient (Wildman–Crippen LogP) is 3.75. The Morgan fingerprint density at radius 3 is 2.77 bits per heavy atom. The maximum atomic E-state index is 12.7. The van der Waals surface area contributed by atoms with Crippen LogP contribution in [0.15, 0.2) is 52.4 Å². The molecule has 152 valence electrons. The van der Waals surface area contributed by atoms with Crippen LogP contribution in [0.1, 0.15) is 50.6 Å². The lowest BCUT2D eigenvalue weighted by molar-refractivity contribution is 0.0953. The molecule has 0 saturated carbocycles. The summed E-state index contributed by atoms with van der Waals surface area (Å²) in [5.74, 6) is 0.495. The summed E-state index contributed by atoms with van der Waals surface area (Å²) in [6.07, 6.45) is 6.68. The van der Waals surface area contributed by atoms with Gasteiger partial charge >= 0.3 is 0 Å². The van der Waals surface area contributed by atoms with E-state index in [4.69, 9.17) is 16.0 Å². The van der Waals surface area contributed by atoms with Crippen LogP contribution in [-0.2, 0) is 6.42 Å². The van der Waals surface area contributed by atoms with Crippen molar-refractivity contribution in [3.05, 3.63) is 76.1 Å². The van der Waals surface area contributed by atoms with E-state index in [-0.39, 0.29) is 11.7 Å². The van der Waals surface area contributed by atoms with Crippen molar-refractivity contribution in [1.82, 2.24) is 15.4 Å². The smallest absolute Gasteiger partial charge is 0.292 e. The third-order valence-corrected chi connectivity index (χ3v) is 4.94. The molecule has 3 heterocycles. The Bertz CT molecular complexity index is 1120. The van der Waals surface area contributed by atoms with E-state index in [1.807, 2.05) is 0 Å². The Labute approximate surface area is 177 Å². The Morgan fingerprint density at radius 1 is 1.17 bits per heavy atom. The zero-order valence-electron chi connectivity index (χ0n) is 16.1. The number of hydrazone groups is 1. The van der Waals surface area contributed by atoms with Gasteiger partial charge in [0.15, 0.2) is 5.76 Å². The molecule has 0 radical (unpaired) electrons. The van der Waals surface area contributed by atoms with Gasteiger partial charge in [-0.25, -0.2) is 10.4 Å². The Balaban J connectivity index is 1.56. The highest BCUT2D eigenvalue weighted by Gasteiger charge is 2.28. The summed E-state index contributed by atoms with van der Waals surface area (Å²) in [6, 6.07) is 6.59. The standard InChI is InChI=1S/C21H18ClN5O3/c1-12-18-15(26-27-20(28)13-4-3-9-23-10-13)5-2-6-16(18)30-19(12)21(29)25-17-8-7-14(22)11-24-17/h3-4,7-11H,2,5-6H2,1H3,(H,27,28)(H,24,25,29)/b26-15+. The van der Waals surface area contributed by atoms with Crippen molar-refractivity contribution < 1.29 is 14.0 Å². The van der Waals surface area contributed by atoms with Gasteiger partial charge in [-0.2, -0.15) is 5.10 Å². The molecule has 0 spiro atoms. The molecule has 30 heavy (non-hydrogen) atoms. The molecule has 2 amide bonds. The van der Waals surface area contributed by atoms with Crippen molar-refractivity contribution in [1.29, 1.82) is 0 Å². The molecular formula is C21H18ClN5O3. The number of nitrogens with one attached hydrogen (secondary N) is 2. The molecule has 2 N–H and O–H groups in total. The lowest BCUT2D eigenvalue weighted by atomic mass is 9.93. The fourth-order valence-corrected chi connectivity index (χ4v) is 3.41. The lowest BCUT2D eigenvalue weighted by Crippen LogP contribution is -2.22. The summed E-state index contributed by atoms with van der Waals surface area (Å²) in [5, 5.41) is 7.48. The average Bonchev–Trinajstić information content (AvgIpc) is 3.11. The normalized spacial score (nSPS) is 14.3. The fourth-order valence-electron chi connectivity index (χ4n) is 3.30. The summed E-state index contributed by atoms with van der Waals surface area (Å²) in [6.45, 7) is 1.80. The second-order valence-electron chi connectivity index (χ2n) is 6.76. The van der Waals surface area contributed by atoms with E-state index in [1.165, 1.54) is 12.4 Å². The number of carbonyl (C=O) groups is 2. The molecule has 0 aliphatic heterocycles. The van der Waals surface area contributed by atoms with Crippen molar-refractivity contribution in [2.24, 2.45) is 5.10 Å². The first kappa shape index (κ1) is 19.8. The summed E-state index contributed by atoms with van der Waals surface area (Å²) in [5.41, 5.74) is 5.10. The van der Waals surface area contributed by atoms with Crippen LogP contribution in [0, 0.1) is 6.92 Å². The molecule has 8 nitrogen and oxygen atoms in total. The van der Waals surface area contributed by atoms with Crippen molar-refractivity contribution in [3.63, 3.8) is 0 Å². The predicted molar refractivity (Wildman–Crippen MR) is 112 cm³/mol. The largest absolute Gasteiger partial charge is 0.455 e. The first-order valence-corrected chi connectivity index (χ1v) is 9.73. The monoisotopic (exact) mass is 423 g/mol. The van der Waals surface area contributed by atoms with Gasteiger partial charge in [-0.1, -0.05) is 11.6 Å². The zero-order valence-corrected chi connectivity index (χ0v) is 16.9. The minimum absolute atomic E-state index is 0.199. The highest BCUT2D eigenvalue weighted by Crippen LogP contribution is 2.30. The van der Waals surface area contributed by atoms with Crippen LogP contribution in [0.2, 0.25) is 5.02 Å². The van der Waals surface area contributed by atoms with Gasteiger partial charge in [-0.3, -0.25) is 14.6 Å². The minimum atomic E-state index is -0.407. The van der Waals surface area contributed by atoms with Crippen LogP contribution >= 0.6 is 11.6 Å². The summed E-state index contributed by atoms with van der Waals surface area (Å²) in [7, 11) is 0. The Kier molecular flexibility index (Phi) is 5.58. The minimum Gasteiger partial charge on any atom is -0.455 e. The van der Waals surface area contributed by atoms with E-state index >= 15 is 0 Å². The molecule has 0 aromatic carbocycles. The van der Waals surface area contributed by atoms with Gasteiger partial charge in [0.05, 0.1) is 16.3 Å². The fraction of sp³-hybridized carbons (Fsp3) is 0.190. The highest BCUT2D eigenvalue weighted by molar-refractivity contribution is 6.30. The molecule has 0 fully saturated rings. The van der Waals surface area contributed by atoms with Gasteiger partial charge in [0.2, 0.25) is 0 Å². The summed E-state index contributed by atoms with van der Waals surface area (Å²) in [4.78, 5) is 33.0. The molecular weight excluding hydrogens is 406 g/mol. The van der Waals surface area contributed by atoms with Gasteiger partial charge in [-0.15, -0.1) is 0 Å². The number of furan rings is 1. The van der Waals surface area contributed by atoms with Crippen molar-refractivity contribution in [2.75, 3.05) is 5.32 Å². The van der Waals surface area contributed by atoms with Gasteiger partial charge in [0.25, 0.3) is 11.8 Å². The Morgan fingerprint density at radius 2 is 2.03 bits per heavy atom. The van der Waals surface area contributed by atoms with Crippen LogP contribution < -0.4 is 10.7 Å². The SMILES string of the molecule is Cc1c(C(=O)Nc2ccc(Cl)cn2)oc2c1/C(=N/NC(=O)c1cccnc1)CCC2. The Hall–Kier alpha value is -3.52. The van der Waals surface area contributed by atoms with Gasteiger partial charge in [0.1, 0.15) is 11.6 Å². The van der Waals surface area contributed by atoms with Crippen LogP contribution in [0.4, 0.5) is 5.82 Å². The zero-order chi connectivity index (χ0) is 21.1. The van der Waals surface area contributed by atoms with Crippen molar-refractivity contribution in [2.45, 2.75) is 26.2 Å². The summed E-state index contributed by atoms with van der Waals surface area (Å²) >= 11 is 5.83. The topological polar surface area (TPSA) is 109 Å². The number of halogens is 1. The number of anilines is 1. The maximum Gasteiger partial charge on any atom is 0.292 e. The van der Waals surface area contributed by atoms with Crippen molar-refractivity contribution in [3.8, 4) is 0 Å². The molecule has 0 unspecified atom stereocenters. The molecule has 1 aliphatic rings. The number of fused-ring (bicyclic) bond motifs is 1. The second kappa shape index (κ2) is 8.46. The third-order valence-electron chi connectivity index (χ3n) is 4.72. The number of aryl methyl sites for hydroxylation is 1. The van der Waals surface area contributed by atoms with E-state index in [9.17, 15) is 9.59 Å². The van der Waals surface area contributed by atoms with Gasteiger partial charge in [0, 0.05) is 36.1 Å². The number of rotatable bonds is 4. The van der Waals surface area contributed by atoms with E-state index in [0.717, 1.165) is 12.0 Å². The molecule has 3 aromatic rings. The van der Waals surface area contributed by atoms with Gasteiger partial charge < -0.3 is 9.73 Å². The second-order valence-corrected chi connectivity index (χ2v) is 7.20. The number of carbonyl (C=O) groups excluding carboxylic acids is 2.